The molecule has 0 aromatic rings. The number of hydrogen-bond acceptors (Lipinski definition) is 2. The van der Waals surface area contributed by atoms with Gasteiger partial charge in [-0.15, -0.1) is 12.4 Å². The first-order chi connectivity index (χ1) is 3.41. The first-order valence-electron chi connectivity index (χ1n) is 2.25. The maximum atomic E-state index is 4.73. The van der Waals surface area contributed by atoms with Crippen LogP contribution in [0.2, 0.25) is 0 Å². The van der Waals surface area contributed by atoms with Gasteiger partial charge in [-0.3, -0.25) is 0 Å². The van der Waals surface area contributed by atoms with E-state index in [1.165, 1.54) is 0 Å². The summed E-state index contributed by atoms with van der Waals surface area (Å²) in [6, 6.07) is 0. The Hall–Kier alpha value is -0.210. The van der Waals surface area contributed by atoms with Gasteiger partial charge in [-0.05, 0) is 6.20 Å². The Kier molecular flexibility index (Phi) is 13.3. The van der Waals surface area contributed by atoms with E-state index < -0.39 is 0 Å². The second-order valence-electron chi connectivity index (χ2n) is 1.15. The Labute approximate surface area is 56.3 Å². The van der Waals surface area contributed by atoms with Gasteiger partial charge in [0.1, 0.15) is 0 Å². The molecule has 0 aliphatic heterocycles. The molecule has 8 heavy (non-hydrogen) atoms. The van der Waals surface area contributed by atoms with E-state index in [1.807, 2.05) is 0 Å². The highest BCUT2D eigenvalue weighted by molar-refractivity contribution is 5.85. The van der Waals surface area contributed by atoms with Gasteiger partial charge in [-0.1, -0.05) is 6.58 Å². The van der Waals surface area contributed by atoms with Crippen molar-refractivity contribution in [1.29, 1.82) is 0 Å². The number of nitrogens with one attached hydrogen (secondary N) is 1. The van der Waals surface area contributed by atoms with Crippen molar-refractivity contribution in [2.45, 2.75) is 0 Å². The predicted octanol–water partition coefficient (Wildman–Crippen LogP) is 0.788. The molecule has 1 N–H and O–H groups in total. The molecule has 0 bridgehead atoms. The minimum atomic E-state index is 0. The van der Waals surface area contributed by atoms with Crippen molar-refractivity contribution < 1.29 is 4.74 Å². The molecule has 0 amide bonds. The van der Waals surface area contributed by atoms with Gasteiger partial charge >= 0.3 is 0 Å². The van der Waals surface area contributed by atoms with Crippen molar-refractivity contribution >= 4 is 12.4 Å². The number of hydrogen-bond donors (Lipinski definition) is 1. The zero-order valence-corrected chi connectivity index (χ0v) is 5.83. The molecule has 0 spiro atoms. The summed E-state index contributed by atoms with van der Waals surface area (Å²) in [6.07, 6.45) is 1.65. The average molecular weight is 138 g/mol. The maximum Gasteiger partial charge on any atom is 0.0635 e. The first kappa shape index (κ1) is 10.7. The van der Waals surface area contributed by atoms with Crippen molar-refractivity contribution in [3.63, 3.8) is 0 Å². The molecule has 0 saturated carbocycles. The van der Waals surface area contributed by atoms with Crippen LogP contribution in [0.4, 0.5) is 0 Å². The quantitative estimate of drug-likeness (QED) is 0.579. The molecule has 3 heteroatoms. The van der Waals surface area contributed by atoms with Gasteiger partial charge < -0.3 is 10.1 Å². The molecule has 0 heterocycles. The third-order valence-corrected chi connectivity index (χ3v) is 0.595. The van der Waals surface area contributed by atoms with Crippen LogP contribution < -0.4 is 5.32 Å². The summed E-state index contributed by atoms with van der Waals surface area (Å²) in [5, 5.41) is 2.89. The standard InChI is InChI=1S/C5H11NO.ClH/c1-3-6-4-5-7-2;/h3,6H,1,4-5H2,2H3;1H. The molecule has 50 valence electrons. The third-order valence-electron chi connectivity index (χ3n) is 0.595. The third kappa shape index (κ3) is 9.25. The molecule has 0 rings (SSSR count). The summed E-state index contributed by atoms with van der Waals surface area (Å²) in [5.41, 5.74) is 0. The Morgan fingerprint density at radius 3 is 2.75 bits per heavy atom. The van der Waals surface area contributed by atoms with Crippen molar-refractivity contribution in [2.24, 2.45) is 0 Å². The van der Waals surface area contributed by atoms with E-state index in [1.54, 1.807) is 13.3 Å². The van der Waals surface area contributed by atoms with Crippen LogP contribution in [-0.4, -0.2) is 20.3 Å². The number of methoxy groups -OCH3 is 1. The van der Waals surface area contributed by atoms with Crippen LogP contribution in [0.25, 0.3) is 0 Å². The Morgan fingerprint density at radius 1 is 1.75 bits per heavy atom. The van der Waals surface area contributed by atoms with Gasteiger partial charge in [0, 0.05) is 13.7 Å². The zero-order valence-electron chi connectivity index (χ0n) is 5.02. The highest BCUT2D eigenvalue weighted by Gasteiger charge is 1.73. The fourth-order valence-corrected chi connectivity index (χ4v) is 0.263. The monoisotopic (exact) mass is 137 g/mol. The Morgan fingerprint density at radius 2 is 2.38 bits per heavy atom. The van der Waals surface area contributed by atoms with Crippen molar-refractivity contribution in [3.8, 4) is 0 Å². The fourth-order valence-electron chi connectivity index (χ4n) is 0.263. The molecule has 0 aromatic carbocycles. The molecule has 0 aliphatic carbocycles. The van der Waals surface area contributed by atoms with Crippen LogP contribution in [-0.2, 0) is 4.74 Å². The van der Waals surface area contributed by atoms with Crippen LogP contribution in [0.1, 0.15) is 0 Å². The van der Waals surface area contributed by atoms with Crippen LogP contribution >= 0.6 is 12.4 Å². The number of rotatable bonds is 4. The Bertz CT molecular complexity index is 49.7. The lowest BCUT2D eigenvalue weighted by Crippen LogP contribution is -2.11. The van der Waals surface area contributed by atoms with E-state index in [0.29, 0.717) is 0 Å². The average Bonchev–Trinajstić information content (AvgIpc) is 1.69. The molecule has 0 aliphatic rings. The lowest BCUT2D eigenvalue weighted by molar-refractivity contribution is 0.203. The van der Waals surface area contributed by atoms with Gasteiger partial charge in [-0.25, -0.2) is 0 Å². The van der Waals surface area contributed by atoms with Crippen molar-refractivity contribution in [3.05, 3.63) is 12.8 Å². The van der Waals surface area contributed by atoms with E-state index in [2.05, 4.69) is 11.9 Å². The fraction of sp³-hybridized carbons (Fsp3) is 0.600. The lowest BCUT2D eigenvalue weighted by Gasteiger charge is -1.95. The minimum absolute atomic E-state index is 0. The summed E-state index contributed by atoms with van der Waals surface area (Å²) < 4.78 is 4.73. The molecule has 0 radical (unpaired) electrons. The minimum Gasteiger partial charge on any atom is -0.389 e. The van der Waals surface area contributed by atoms with E-state index >= 15 is 0 Å². The number of ether oxygens (including phenoxy) is 1. The molecule has 0 atom stereocenters. The molecule has 0 unspecified atom stereocenters. The van der Waals surface area contributed by atoms with Gasteiger partial charge in [-0.2, -0.15) is 0 Å². The summed E-state index contributed by atoms with van der Waals surface area (Å²) in [6.45, 7) is 5.06. The second-order valence-corrected chi connectivity index (χ2v) is 1.15. The predicted molar refractivity (Wildman–Crippen MR) is 37.3 cm³/mol. The Balaban J connectivity index is 0. The van der Waals surface area contributed by atoms with Gasteiger partial charge in [0.2, 0.25) is 0 Å². The summed E-state index contributed by atoms with van der Waals surface area (Å²) in [7, 11) is 1.67. The van der Waals surface area contributed by atoms with Gasteiger partial charge in [0.25, 0.3) is 0 Å². The van der Waals surface area contributed by atoms with Gasteiger partial charge in [0.05, 0.1) is 6.61 Å². The van der Waals surface area contributed by atoms with Crippen molar-refractivity contribution in [2.75, 3.05) is 20.3 Å². The molecular weight excluding hydrogens is 126 g/mol. The molecule has 2 nitrogen and oxygen atoms in total. The van der Waals surface area contributed by atoms with E-state index in [-0.39, 0.29) is 12.4 Å². The van der Waals surface area contributed by atoms with E-state index in [9.17, 15) is 0 Å². The molecule has 0 aromatic heterocycles. The first-order valence-corrected chi connectivity index (χ1v) is 2.25. The van der Waals surface area contributed by atoms with Crippen LogP contribution in [0.3, 0.4) is 0 Å². The molecular formula is C5H12ClNO. The van der Waals surface area contributed by atoms with E-state index in [4.69, 9.17) is 4.74 Å². The maximum absolute atomic E-state index is 4.73. The van der Waals surface area contributed by atoms with Gasteiger partial charge in [0.15, 0.2) is 0 Å². The molecule has 0 saturated heterocycles. The SMILES string of the molecule is C=CNCCOC.Cl. The second kappa shape index (κ2) is 9.92. The normalized spacial score (nSPS) is 7.12. The van der Waals surface area contributed by atoms with Crippen LogP contribution in [0.15, 0.2) is 12.8 Å². The highest BCUT2D eigenvalue weighted by atomic mass is 35.5. The summed E-state index contributed by atoms with van der Waals surface area (Å²) in [5.74, 6) is 0. The largest absolute Gasteiger partial charge is 0.389 e. The smallest absolute Gasteiger partial charge is 0.0635 e. The van der Waals surface area contributed by atoms with Crippen LogP contribution in [0.5, 0.6) is 0 Å². The summed E-state index contributed by atoms with van der Waals surface area (Å²) >= 11 is 0. The van der Waals surface area contributed by atoms with Crippen LogP contribution in [0, 0.1) is 0 Å². The zero-order chi connectivity index (χ0) is 5.54. The topological polar surface area (TPSA) is 21.3 Å². The highest BCUT2D eigenvalue weighted by Crippen LogP contribution is 1.61. The number of halogens is 1. The molecule has 0 fully saturated rings. The van der Waals surface area contributed by atoms with Crippen molar-refractivity contribution in [1.82, 2.24) is 5.32 Å². The van der Waals surface area contributed by atoms with E-state index in [0.717, 1.165) is 13.2 Å². The summed E-state index contributed by atoms with van der Waals surface area (Å²) in [4.78, 5) is 0. The lowest BCUT2D eigenvalue weighted by atomic mass is 10.7.